The largest absolute Gasteiger partial charge is 0.508 e. The smallest absolute Gasteiger partial charge is 0.115 e. The highest BCUT2D eigenvalue weighted by Crippen LogP contribution is 2.23. The maximum absolute atomic E-state index is 9.46. The van der Waals surface area contributed by atoms with Crippen molar-refractivity contribution in [2.45, 2.75) is 25.4 Å². The number of nitrogens with zero attached hydrogens (tertiary/aromatic N) is 3. The zero-order chi connectivity index (χ0) is 17.8. The fourth-order valence-corrected chi connectivity index (χ4v) is 4.28. The van der Waals surface area contributed by atoms with E-state index in [0.29, 0.717) is 11.8 Å². The minimum absolute atomic E-state index is 0.340. The van der Waals surface area contributed by atoms with Gasteiger partial charge in [-0.2, -0.15) is 0 Å². The average Bonchev–Trinajstić information content (AvgIpc) is 3.11. The highest BCUT2D eigenvalue weighted by atomic mass is 16.3. The van der Waals surface area contributed by atoms with Gasteiger partial charge in [0.25, 0.3) is 0 Å². The van der Waals surface area contributed by atoms with Gasteiger partial charge in [0.1, 0.15) is 5.75 Å². The van der Waals surface area contributed by atoms with Gasteiger partial charge >= 0.3 is 0 Å². The first-order valence-corrected chi connectivity index (χ1v) is 9.82. The number of phenols is 1. The quantitative estimate of drug-likeness (QED) is 0.896. The van der Waals surface area contributed by atoms with Gasteiger partial charge in [-0.1, -0.05) is 30.3 Å². The predicted octanol–water partition coefficient (Wildman–Crippen LogP) is 3.18. The third kappa shape index (κ3) is 4.19. The van der Waals surface area contributed by atoms with Crippen molar-refractivity contribution in [3.8, 4) is 5.75 Å². The zero-order valence-electron chi connectivity index (χ0n) is 15.4. The fraction of sp³-hybridized carbons (Fsp3) is 0.455. The van der Waals surface area contributed by atoms with E-state index in [4.69, 9.17) is 0 Å². The van der Waals surface area contributed by atoms with Crippen molar-refractivity contribution in [1.29, 1.82) is 0 Å². The third-order valence-electron chi connectivity index (χ3n) is 5.78. The molecule has 0 aliphatic carbocycles. The van der Waals surface area contributed by atoms with Crippen LogP contribution in [0.1, 0.15) is 18.4 Å². The van der Waals surface area contributed by atoms with Crippen LogP contribution in [0.2, 0.25) is 0 Å². The van der Waals surface area contributed by atoms with Crippen LogP contribution in [0, 0.1) is 0 Å². The molecule has 0 radical (unpaired) electrons. The monoisotopic (exact) mass is 351 g/mol. The normalized spacial score (nSPS) is 22.0. The van der Waals surface area contributed by atoms with Gasteiger partial charge in [-0.25, -0.2) is 0 Å². The minimum atomic E-state index is 0.340. The topological polar surface area (TPSA) is 30.0 Å². The van der Waals surface area contributed by atoms with E-state index in [2.05, 4.69) is 45.0 Å². The molecule has 26 heavy (non-hydrogen) atoms. The Bertz CT molecular complexity index is 680. The van der Waals surface area contributed by atoms with Gasteiger partial charge in [-0.05, 0) is 49.2 Å². The Hall–Kier alpha value is -2.04. The number of hydrogen-bond acceptors (Lipinski definition) is 4. The van der Waals surface area contributed by atoms with Gasteiger partial charge in [0, 0.05) is 51.0 Å². The highest BCUT2D eigenvalue weighted by molar-refractivity contribution is 5.49. The van der Waals surface area contributed by atoms with Crippen LogP contribution in [0.15, 0.2) is 54.6 Å². The first-order chi connectivity index (χ1) is 12.8. The summed E-state index contributed by atoms with van der Waals surface area (Å²) in [7, 11) is 0. The number of anilines is 1. The molecule has 0 spiro atoms. The van der Waals surface area contributed by atoms with Crippen molar-refractivity contribution in [1.82, 2.24) is 9.80 Å². The molecule has 0 aromatic heterocycles. The van der Waals surface area contributed by atoms with Gasteiger partial charge in [0.15, 0.2) is 0 Å². The first kappa shape index (κ1) is 17.4. The number of piperazine rings is 1. The number of phenolic OH excluding ortho intramolecular Hbond substituents is 1. The van der Waals surface area contributed by atoms with Crippen LogP contribution in [0.3, 0.4) is 0 Å². The average molecular weight is 351 g/mol. The summed E-state index contributed by atoms with van der Waals surface area (Å²) >= 11 is 0. The molecule has 4 heteroatoms. The Labute approximate surface area is 156 Å². The van der Waals surface area contributed by atoms with E-state index >= 15 is 0 Å². The molecule has 2 fully saturated rings. The lowest BCUT2D eigenvalue weighted by atomic mass is 10.1. The summed E-state index contributed by atoms with van der Waals surface area (Å²) in [5.41, 5.74) is 2.64. The van der Waals surface area contributed by atoms with Crippen LogP contribution < -0.4 is 4.90 Å². The van der Waals surface area contributed by atoms with E-state index in [1.165, 1.54) is 37.2 Å². The molecule has 2 aromatic rings. The van der Waals surface area contributed by atoms with Crippen molar-refractivity contribution < 1.29 is 5.11 Å². The molecule has 0 bridgehead atoms. The molecule has 4 nitrogen and oxygen atoms in total. The number of aromatic hydroxyl groups is 1. The maximum atomic E-state index is 9.46. The molecule has 138 valence electrons. The van der Waals surface area contributed by atoms with Gasteiger partial charge in [-0.15, -0.1) is 0 Å². The minimum Gasteiger partial charge on any atom is -0.508 e. The Morgan fingerprint density at radius 3 is 2.31 bits per heavy atom. The lowest BCUT2D eigenvalue weighted by Crippen LogP contribution is -2.50. The van der Waals surface area contributed by atoms with Crippen LogP contribution >= 0.6 is 0 Å². The van der Waals surface area contributed by atoms with Gasteiger partial charge in [0.2, 0.25) is 0 Å². The first-order valence-electron chi connectivity index (χ1n) is 9.82. The Kier molecular flexibility index (Phi) is 5.42. The SMILES string of the molecule is Oc1ccc(N2CCN(C[C@H]3CCCN3Cc3ccccc3)CC2)cc1. The Balaban J connectivity index is 1.29. The lowest BCUT2D eigenvalue weighted by molar-refractivity contribution is 0.161. The number of hydrogen-bond donors (Lipinski definition) is 1. The van der Waals surface area contributed by atoms with Gasteiger partial charge < -0.3 is 10.0 Å². The number of likely N-dealkylation sites (tertiary alicyclic amines) is 1. The summed E-state index contributed by atoms with van der Waals surface area (Å²) in [6.07, 6.45) is 2.65. The second-order valence-corrected chi connectivity index (χ2v) is 7.56. The predicted molar refractivity (Wildman–Crippen MR) is 107 cm³/mol. The van der Waals surface area contributed by atoms with Crippen LogP contribution in [-0.2, 0) is 6.54 Å². The molecule has 1 atom stereocenters. The second kappa shape index (κ2) is 8.11. The molecule has 2 heterocycles. The van der Waals surface area contributed by atoms with Crippen LogP contribution in [-0.4, -0.2) is 60.2 Å². The molecular formula is C22H29N3O. The third-order valence-corrected chi connectivity index (χ3v) is 5.78. The van der Waals surface area contributed by atoms with Crippen LogP contribution in [0.4, 0.5) is 5.69 Å². The number of benzene rings is 2. The summed E-state index contributed by atoms with van der Waals surface area (Å²) in [6.45, 7) is 7.88. The summed E-state index contributed by atoms with van der Waals surface area (Å²) in [4.78, 5) is 7.72. The summed E-state index contributed by atoms with van der Waals surface area (Å²) in [5.74, 6) is 0.340. The molecular weight excluding hydrogens is 322 g/mol. The van der Waals surface area contributed by atoms with E-state index in [9.17, 15) is 5.11 Å². The van der Waals surface area contributed by atoms with Gasteiger partial charge in [-0.3, -0.25) is 9.80 Å². The molecule has 2 aromatic carbocycles. The second-order valence-electron chi connectivity index (χ2n) is 7.56. The summed E-state index contributed by atoms with van der Waals surface area (Å²) in [5, 5.41) is 9.46. The van der Waals surface area contributed by atoms with E-state index in [1.54, 1.807) is 12.1 Å². The number of rotatable bonds is 5. The molecule has 2 aliphatic heterocycles. The molecule has 0 saturated carbocycles. The van der Waals surface area contributed by atoms with Crippen molar-refractivity contribution >= 4 is 5.69 Å². The molecule has 2 aliphatic rings. The van der Waals surface area contributed by atoms with E-state index < -0.39 is 0 Å². The standard InChI is InChI=1S/C22H29N3O/c26-22-10-8-20(9-11-22)24-15-13-23(14-16-24)18-21-7-4-12-25(21)17-19-5-2-1-3-6-19/h1-3,5-6,8-11,21,26H,4,7,12-18H2/t21-/m1/s1. The van der Waals surface area contributed by atoms with Crippen molar-refractivity contribution in [2.24, 2.45) is 0 Å². The zero-order valence-corrected chi connectivity index (χ0v) is 15.4. The summed E-state index contributed by atoms with van der Waals surface area (Å²) < 4.78 is 0. The fourth-order valence-electron chi connectivity index (χ4n) is 4.28. The van der Waals surface area contributed by atoms with Crippen molar-refractivity contribution in [2.75, 3.05) is 44.2 Å². The van der Waals surface area contributed by atoms with Gasteiger partial charge in [0.05, 0.1) is 0 Å². The Morgan fingerprint density at radius 1 is 0.846 bits per heavy atom. The van der Waals surface area contributed by atoms with Crippen LogP contribution in [0.25, 0.3) is 0 Å². The highest BCUT2D eigenvalue weighted by Gasteiger charge is 2.27. The van der Waals surface area contributed by atoms with E-state index in [0.717, 1.165) is 32.7 Å². The van der Waals surface area contributed by atoms with Crippen molar-refractivity contribution in [3.05, 3.63) is 60.2 Å². The van der Waals surface area contributed by atoms with Crippen LogP contribution in [0.5, 0.6) is 5.75 Å². The molecule has 0 amide bonds. The lowest BCUT2D eigenvalue weighted by Gasteiger charge is -2.38. The van der Waals surface area contributed by atoms with Crippen molar-refractivity contribution in [3.63, 3.8) is 0 Å². The van der Waals surface area contributed by atoms with E-state index in [1.807, 2.05) is 12.1 Å². The maximum Gasteiger partial charge on any atom is 0.115 e. The molecule has 1 N–H and O–H groups in total. The van der Waals surface area contributed by atoms with E-state index in [-0.39, 0.29) is 0 Å². The molecule has 4 rings (SSSR count). The molecule has 2 saturated heterocycles. The Morgan fingerprint density at radius 2 is 1.58 bits per heavy atom. The molecule has 0 unspecified atom stereocenters. The summed E-state index contributed by atoms with van der Waals surface area (Å²) in [6, 6.07) is 19.1.